The van der Waals surface area contributed by atoms with E-state index >= 15 is 0 Å². The normalized spacial score (nSPS) is 21.6. The third-order valence-corrected chi connectivity index (χ3v) is 7.70. The molecule has 1 amide bonds. The summed E-state index contributed by atoms with van der Waals surface area (Å²) in [6.07, 6.45) is 4.69. The Morgan fingerprint density at radius 2 is 1.94 bits per heavy atom. The average molecular weight is 460 g/mol. The highest BCUT2D eigenvalue weighted by atomic mass is 16.3. The zero-order valence-corrected chi connectivity index (χ0v) is 19.9. The van der Waals surface area contributed by atoms with Crippen LogP contribution in [-0.2, 0) is 4.79 Å². The molecule has 2 aromatic carbocycles. The van der Waals surface area contributed by atoms with Crippen LogP contribution in [0.4, 0.5) is 17.1 Å². The standard InChI is InChI=1S/C27H33N5O2/c1-3-16(2)25-27(34)30-22-8-6-18(28-17-4-5-17)14-21(22)26-29-23-15-19(7-9-24(23)32(25)26)31-12-10-20(33)11-13-31/h6-9,14-17,20,25,28,33H,3-5,10-13H2,1-2H3,(H,30,34). The number of carbonyl (C=O) groups excluding carboxylic acids is 1. The van der Waals surface area contributed by atoms with E-state index in [4.69, 9.17) is 4.98 Å². The number of nitrogens with zero attached hydrogens (tertiary/aromatic N) is 3. The summed E-state index contributed by atoms with van der Waals surface area (Å²) >= 11 is 0. The largest absolute Gasteiger partial charge is 0.393 e. The molecule has 2 atom stereocenters. The predicted octanol–water partition coefficient (Wildman–Crippen LogP) is 4.78. The highest BCUT2D eigenvalue weighted by molar-refractivity contribution is 6.02. The van der Waals surface area contributed by atoms with Crippen LogP contribution in [0.1, 0.15) is 52.0 Å². The van der Waals surface area contributed by atoms with Crippen molar-refractivity contribution < 1.29 is 9.90 Å². The molecule has 0 radical (unpaired) electrons. The number of fused-ring (bicyclic) bond motifs is 5. The van der Waals surface area contributed by atoms with E-state index in [1.165, 1.54) is 12.8 Å². The molecule has 178 valence electrons. The van der Waals surface area contributed by atoms with E-state index in [2.05, 4.69) is 64.3 Å². The zero-order valence-electron chi connectivity index (χ0n) is 19.9. The Bertz CT molecular complexity index is 1240. The molecule has 3 heterocycles. The zero-order chi connectivity index (χ0) is 23.4. The van der Waals surface area contributed by atoms with Gasteiger partial charge in [-0.1, -0.05) is 20.3 Å². The first-order valence-corrected chi connectivity index (χ1v) is 12.7. The van der Waals surface area contributed by atoms with Crippen LogP contribution in [0.5, 0.6) is 0 Å². The molecule has 34 heavy (non-hydrogen) atoms. The number of carbonyl (C=O) groups is 1. The highest BCUT2D eigenvalue weighted by Gasteiger charge is 2.34. The quantitative estimate of drug-likeness (QED) is 0.512. The van der Waals surface area contributed by atoms with Gasteiger partial charge in [0.25, 0.3) is 0 Å². The fourth-order valence-corrected chi connectivity index (χ4v) is 5.33. The number of rotatable bonds is 5. The van der Waals surface area contributed by atoms with Gasteiger partial charge in [-0.25, -0.2) is 4.98 Å². The Labute approximate surface area is 200 Å². The van der Waals surface area contributed by atoms with E-state index < -0.39 is 0 Å². The number of aromatic nitrogens is 2. The van der Waals surface area contributed by atoms with E-state index in [0.29, 0.717) is 6.04 Å². The molecule has 2 unspecified atom stereocenters. The smallest absolute Gasteiger partial charge is 0.247 e. The number of hydrogen-bond acceptors (Lipinski definition) is 5. The lowest BCUT2D eigenvalue weighted by Crippen LogP contribution is -2.35. The fourth-order valence-electron chi connectivity index (χ4n) is 5.33. The van der Waals surface area contributed by atoms with Crippen LogP contribution in [0.3, 0.4) is 0 Å². The lowest BCUT2D eigenvalue weighted by atomic mass is 9.98. The minimum absolute atomic E-state index is 0.0191. The number of aliphatic hydroxyl groups excluding tert-OH is 1. The van der Waals surface area contributed by atoms with Crippen LogP contribution in [0.25, 0.3) is 22.4 Å². The van der Waals surface area contributed by atoms with Crippen molar-refractivity contribution in [2.24, 2.45) is 5.92 Å². The molecule has 1 aromatic heterocycles. The Kier molecular flexibility index (Phi) is 5.25. The van der Waals surface area contributed by atoms with Gasteiger partial charge in [0, 0.05) is 36.1 Å². The molecule has 0 bridgehead atoms. The monoisotopic (exact) mass is 459 g/mol. The van der Waals surface area contributed by atoms with E-state index in [9.17, 15) is 9.90 Å². The van der Waals surface area contributed by atoms with Gasteiger partial charge in [0.1, 0.15) is 11.9 Å². The van der Waals surface area contributed by atoms with Gasteiger partial charge < -0.3 is 25.2 Å². The Balaban J connectivity index is 1.50. The minimum Gasteiger partial charge on any atom is -0.393 e. The van der Waals surface area contributed by atoms with Crippen molar-refractivity contribution >= 4 is 34.0 Å². The van der Waals surface area contributed by atoms with Crippen LogP contribution in [0, 0.1) is 5.92 Å². The molecule has 2 fully saturated rings. The first-order chi connectivity index (χ1) is 16.5. The highest BCUT2D eigenvalue weighted by Crippen LogP contribution is 2.41. The number of anilines is 3. The summed E-state index contributed by atoms with van der Waals surface area (Å²) in [5.74, 6) is 1.03. The van der Waals surface area contributed by atoms with Gasteiger partial charge in [0.2, 0.25) is 5.91 Å². The maximum Gasteiger partial charge on any atom is 0.247 e. The number of benzene rings is 2. The first-order valence-electron chi connectivity index (χ1n) is 12.7. The summed E-state index contributed by atoms with van der Waals surface area (Å²) in [6, 6.07) is 12.8. The molecular weight excluding hydrogens is 426 g/mol. The van der Waals surface area contributed by atoms with Crippen molar-refractivity contribution in [1.29, 1.82) is 0 Å². The van der Waals surface area contributed by atoms with Crippen molar-refractivity contribution in [3.05, 3.63) is 36.4 Å². The third kappa shape index (κ3) is 3.72. The van der Waals surface area contributed by atoms with Crippen molar-refractivity contribution in [2.75, 3.05) is 28.6 Å². The van der Waals surface area contributed by atoms with Crippen LogP contribution in [0.2, 0.25) is 0 Å². The van der Waals surface area contributed by atoms with E-state index in [-0.39, 0.29) is 24.0 Å². The number of amides is 1. The summed E-state index contributed by atoms with van der Waals surface area (Å²) in [4.78, 5) is 20.9. The third-order valence-electron chi connectivity index (χ3n) is 7.70. The maximum atomic E-state index is 13.5. The molecule has 6 rings (SSSR count). The predicted molar refractivity (Wildman–Crippen MR) is 136 cm³/mol. The van der Waals surface area contributed by atoms with Gasteiger partial charge in [-0.15, -0.1) is 0 Å². The van der Waals surface area contributed by atoms with Crippen molar-refractivity contribution in [2.45, 2.75) is 64.1 Å². The Morgan fingerprint density at radius 3 is 2.68 bits per heavy atom. The second-order valence-corrected chi connectivity index (χ2v) is 10.2. The van der Waals surface area contributed by atoms with Gasteiger partial charge in [-0.05, 0) is 68.0 Å². The number of hydrogen-bond donors (Lipinski definition) is 3. The van der Waals surface area contributed by atoms with Gasteiger partial charge >= 0.3 is 0 Å². The van der Waals surface area contributed by atoms with E-state index in [1.54, 1.807) is 0 Å². The topological polar surface area (TPSA) is 82.4 Å². The molecular formula is C27H33N5O2. The lowest BCUT2D eigenvalue weighted by Gasteiger charge is -2.31. The molecule has 1 saturated heterocycles. The molecule has 1 aliphatic carbocycles. The van der Waals surface area contributed by atoms with Crippen molar-refractivity contribution in [3.63, 3.8) is 0 Å². The SMILES string of the molecule is CCC(C)C1C(=O)Nc2ccc(NC3CC3)cc2-c2nc3cc(N4CCC(O)CC4)ccc3n21. The Hall–Kier alpha value is -3.06. The number of aliphatic hydroxyl groups is 1. The summed E-state index contributed by atoms with van der Waals surface area (Å²) in [7, 11) is 0. The Morgan fingerprint density at radius 1 is 1.15 bits per heavy atom. The molecule has 2 aliphatic heterocycles. The molecule has 7 heteroatoms. The molecule has 7 nitrogen and oxygen atoms in total. The lowest BCUT2D eigenvalue weighted by molar-refractivity contribution is -0.120. The maximum absolute atomic E-state index is 13.5. The molecule has 3 aliphatic rings. The molecule has 3 N–H and O–H groups in total. The summed E-state index contributed by atoms with van der Waals surface area (Å²) in [5, 5.41) is 16.7. The first kappa shape index (κ1) is 21.5. The van der Waals surface area contributed by atoms with Crippen LogP contribution in [-0.4, -0.2) is 45.8 Å². The summed E-state index contributed by atoms with van der Waals surface area (Å²) < 4.78 is 2.16. The second-order valence-electron chi connectivity index (χ2n) is 10.2. The van der Waals surface area contributed by atoms with E-state index in [0.717, 1.165) is 71.8 Å². The van der Waals surface area contributed by atoms with Crippen LogP contribution >= 0.6 is 0 Å². The van der Waals surface area contributed by atoms with Crippen molar-refractivity contribution in [3.8, 4) is 11.4 Å². The number of imidazole rings is 1. The van der Waals surface area contributed by atoms with E-state index in [1.807, 2.05) is 6.07 Å². The second kappa shape index (κ2) is 8.31. The van der Waals surface area contributed by atoms with Crippen molar-refractivity contribution in [1.82, 2.24) is 9.55 Å². The minimum atomic E-state index is -0.326. The van der Waals surface area contributed by atoms with Gasteiger partial charge in [-0.3, -0.25) is 4.79 Å². The number of nitrogens with one attached hydrogen (secondary N) is 2. The van der Waals surface area contributed by atoms with Gasteiger partial charge in [0.05, 0.1) is 22.8 Å². The van der Waals surface area contributed by atoms with Gasteiger partial charge in [-0.2, -0.15) is 0 Å². The molecule has 1 saturated carbocycles. The number of piperidine rings is 1. The van der Waals surface area contributed by atoms with Gasteiger partial charge in [0.15, 0.2) is 0 Å². The van der Waals surface area contributed by atoms with Crippen LogP contribution < -0.4 is 15.5 Å². The summed E-state index contributed by atoms with van der Waals surface area (Å²) in [5.41, 5.74) is 5.88. The fraction of sp³-hybridized carbons (Fsp3) is 0.481. The summed E-state index contributed by atoms with van der Waals surface area (Å²) in [6.45, 7) is 5.97. The van der Waals surface area contributed by atoms with Crippen LogP contribution in [0.15, 0.2) is 36.4 Å². The average Bonchev–Trinajstić information content (AvgIpc) is 3.60. The molecule has 0 spiro atoms. The molecule has 3 aromatic rings.